The monoisotopic (exact) mass is 230 g/mol. The Balaban J connectivity index is 2.18. The summed E-state index contributed by atoms with van der Waals surface area (Å²) in [5.74, 6) is 0.711. The van der Waals surface area contributed by atoms with E-state index in [-0.39, 0.29) is 12.5 Å². The third kappa shape index (κ3) is 2.39. The molecule has 17 heavy (non-hydrogen) atoms. The highest BCUT2D eigenvalue weighted by molar-refractivity contribution is 5.97. The van der Waals surface area contributed by atoms with E-state index < -0.39 is 0 Å². The minimum atomic E-state index is -0.0355. The minimum Gasteiger partial charge on any atom is -0.482 e. The molecule has 0 fully saturated rings. The van der Waals surface area contributed by atoms with Gasteiger partial charge in [0, 0.05) is 13.5 Å². The van der Waals surface area contributed by atoms with Gasteiger partial charge in [-0.1, -0.05) is 6.07 Å². The molecule has 0 radical (unpaired) electrons. The molecule has 0 unspecified atom stereocenters. The van der Waals surface area contributed by atoms with Crippen LogP contribution in [0.4, 0.5) is 5.69 Å². The van der Waals surface area contributed by atoms with E-state index in [1.807, 2.05) is 18.2 Å². The fraction of sp³-hybridized carbons (Fsp3) is 0.385. The lowest BCUT2D eigenvalue weighted by Crippen LogP contribution is -2.35. The molecular weight excluding hydrogens is 216 g/mol. The van der Waals surface area contributed by atoms with Crippen molar-refractivity contribution in [2.75, 3.05) is 18.6 Å². The van der Waals surface area contributed by atoms with E-state index in [2.05, 4.69) is 6.07 Å². The molecule has 1 aliphatic heterocycles. The third-order valence-corrected chi connectivity index (χ3v) is 2.86. The van der Waals surface area contributed by atoms with Gasteiger partial charge in [-0.05, 0) is 30.5 Å². The fourth-order valence-corrected chi connectivity index (χ4v) is 1.84. The number of benzene rings is 1. The molecule has 0 atom stereocenters. The number of hydrogen-bond acceptors (Lipinski definition) is 3. The summed E-state index contributed by atoms with van der Waals surface area (Å²) in [6.07, 6.45) is 2.25. The number of anilines is 1. The van der Waals surface area contributed by atoms with Gasteiger partial charge in [-0.2, -0.15) is 5.26 Å². The number of hydrogen-bond donors (Lipinski definition) is 0. The van der Waals surface area contributed by atoms with Crippen LogP contribution in [0.1, 0.15) is 18.4 Å². The Labute approximate surface area is 100 Å². The number of nitrogens with zero attached hydrogens (tertiary/aromatic N) is 2. The predicted molar refractivity (Wildman–Crippen MR) is 63.9 cm³/mol. The molecular formula is C13H14N2O2. The minimum absolute atomic E-state index is 0.0355. The maximum atomic E-state index is 11.5. The highest BCUT2D eigenvalue weighted by Crippen LogP contribution is 2.32. The molecule has 0 saturated heterocycles. The van der Waals surface area contributed by atoms with Crippen molar-refractivity contribution in [1.82, 2.24) is 0 Å². The van der Waals surface area contributed by atoms with Crippen LogP contribution >= 0.6 is 0 Å². The van der Waals surface area contributed by atoms with E-state index in [4.69, 9.17) is 10.00 Å². The van der Waals surface area contributed by atoms with Gasteiger partial charge in [0.05, 0.1) is 11.8 Å². The van der Waals surface area contributed by atoms with E-state index in [0.717, 1.165) is 29.8 Å². The zero-order valence-corrected chi connectivity index (χ0v) is 9.77. The number of aryl methyl sites for hydroxylation is 1. The van der Waals surface area contributed by atoms with Crippen molar-refractivity contribution in [3.05, 3.63) is 23.8 Å². The molecule has 1 amide bonds. The number of carbonyl (C=O) groups excluding carboxylic acids is 1. The molecule has 0 N–H and O–H groups in total. The van der Waals surface area contributed by atoms with Crippen molar-refractivity contribution in [3.8, 4) is 11.8 Å². The predicted octanol–water partition coefficient (Wildman–Crippen LogP) is 1.89. The molecule has 0 aliphatic carbocycles. The van der Waals surface area contributed by atoms with Gasteiger partial charge in [0.1, 0.15) is 5.75 Å². The molecule has 1 aromatic carbocycles. The first kappa shape index (κ1) is 11.5. The van der Waals surface area contributed by atoms with Gasteiger partial charge in [-0.25, -0.2) is 0 Å². The number of likely N-dealkylation sites (N-methyl/N-ethyl adjacent to an activating group) is 1. The summed E-state index contributed by atoms with van der Waals surface area (Å²) < 4.78 is 5.34. The zero-order chi connectivity index (χ0) is 12.3. The zero-order valence-electron chi connectivity index (χ0n) is 9.77. The van der Waals surface area contributed by atoms with Crippen molar-refractivity contribution in [3.63, 3.8) is 0 Å². The Bertz CT molecular complexity index is 477. The Kier molecular flexibility index (Phi) is 3.29. The Hall–Kier alpha value is -2.02. The van der Waals surface area contributed by atoms with Crippen LogP contribution in [-0.2, 0) is 11.2 Å². The molecule has 4 heteroatoms. The van der Waals surface area contributed by atoms with Crippen LogP contribution in [0.2, 0.25) is 0 Å². The van der Waals surface area contributed by atoms with Gasteiger partial charge in [0.2, 0.25) is 0 Å². The van der Waals surface area contributed by atoms with Crippen LogP contribution in [0, 0.1) is 11.3 Å². The van der Waals surface area contributed by atoms with Crippen molar-refractivity contribution in [2.24, 2.45) is 0 Å². The molecule has 0 saturated carbocycles. The number of carbonyl (C=O) groups is 1. The normalized spacial score (nSPS) is 13.9. The molecule has 0 spiro atoms. The number of amides is 1. The molecule has 1 heterocycles. The molecule has 88 valence electrons. The van der Waals surface area contributed by atoms with Crippen LogP contribution in [0.3, 0.4) is 0 Å². The lowest BCUT2D eigenvalue weighted by atomic mass is 10.1. The second kappa shape index (κ2) is 4.88. The largest absolute Gasteiger partial charge is 0.482 e. The van der Waals surface area contributed by atoms with Crippen LogP contribution in [0.15, 0.2) is 18.2 Å². The maximum absolute atomic E-state index is 11.5. The van der Waals surface area contributed by atoms with E-state index in [9.17, 15) is 4.79 Å². The Morgan fingerprint density at radius 3 is 3.12 bits per heavy atom. The first-order chi connectivity index (χ1) is 8.22. The van der Waals surface area contributed by atoms with Gasteiger partial charge >= 0.3 is 0 Å². The second-order valence-corrected chi connectivity index (χ2v) is 4.06. The second-order valence-electron chi connectivity index (χ2n) is 4.06. The van der Waals surface area contributed by atoms with Gasteiger partial charge in [-0.15, -0.1) is 0 Å². The summed E-state index contributed by atoms with van der Waals surface area (Å²) in [5, 5.41) is 8.49. The highest BCUT2D eigenvalue weighted by Gasteiger charge is 2.21. The summed E-state index contributed by atoms with van der Waals surface area (Å²) in [5.41, 5.74) is 1.94. The highest BCUT2D eigenvalue weighted by atomic mass is 16.5. The van der Waals surface area contributed by atoms with E-state index in [1.54, 1.807) is 11.9 Å². The van der Waals surface area contributed by atoms with Crippen molar-refractivity contribution in [1.29, 1.82) is 5.26 Å². The van der Waals surface area contributed by atoms with E-state index in [0.29, 0.717) is 6.42 Å². The fourth-order valence-electron chi connectivity index (χ4n) is 1.84. The molecule has 0 aromatic heterocycles. The van der Waals surface area contributed by atoms with Crippen molar-refractivity contribution < 1.29 is 9.53 Å². The number of fused-ring (bicyclic) bond motifs is 1. The van der Waals surface area contributed by atoms with Gasteiger partial charge < -0.3 is 9.64 Å². The van der Waals surface area contributed by atoms with E-state index >= 15 is 0 Å². The van der Waals surface area contributed by atoms with Gasteiger partial charge in [0.25, 0.3) is 5.91 Å². The standard InChI is InChI=1S/C13H14N2O2/c1-15-11-8-10(4-2-3-7-14)5-6-12(11)17-9-13(15)16/h5-6,8H,2-4,9H2,1H3. The average molecular weight is 230 g/mol. The third-order valence-electron chi connectivity index (χ3n) is 2.86. The summed E-state index contributed by atoms with van der Waals surface area (Å²) in [6.45, 7) is 0.108. The molecule has 0 bridgehead atoms. The number of ether oxygens (including phenoxy) is 1. The summed E-state index contributed by atoms with van der Waals surface area (Å²) in [7, 11) is 1.75. The summed E-state index contributed by atoms with van der Waals surface area (Å²) in [6, 6.07) is 7.96. The van der Waals surface area contributed by atoms with Crippen molar-refractivity contribution in [2.45, 2.75) is 19.3 Å². The lowest BCUT2D eigenvalue weighted by molar-refractivity contribution is -0.120. The van der Waals surface area contributed by atoms with Crippen LogP contribution in [0.25, 0.3) is 0 Å². The maximum Gasteiger partial charge on any atom is 0.264 e. The number of unbranched alkanes of at least 4 members (excludes halogenated alkanes) is 1. The smallest absolute Gasteiger partial charge is 0.264 e. The first-order valence-electron chi connectivity index (χ1n) is 5.61. The summed E-state index contributed by atoms with van der Waals surface area (Å²) >= 11 is 0. The topological polar surface area (TPSA) is 53.3 Å². The first-order valence-corrected chi connectivity index (χ1v) is 5.61. The Morgan fingerprint density at radius 2 is 2.35 bits per heavy atom. The van der Waals surface area contributed by atoms with E-state index in [1.165, 1.54) is 0 Å². The number of nitriles is 1. The van der Waals surface area contributed by atoms with Crippen LogP contribution in [0.5, 0.6) is 5.75 Å². The molecule has 4 nitrogen and oxygen atoms in total. The SMILES string of the molecule is CN1C(=O)COc2ccc(CCCC#N)cc21. The summed E-state index contributed by atoms with van der Waals surface area (Å²) in [4.78, 5) is 13.1. The number of rotatable bonds is 3. The molecule has 2 rings (SSSR count). The van der Waals surface area contributed by atoms with Crippen molar-refractivity contribution >= 4 is 11.6 Å². The lowest BCUT2D eigenvalue weighted by Gasteiger charge is -2.26. The Morgan fingerprint density at radius 1 is 1.53 bits per heavy atom. The quantitative estimate of drug-likeness (QED) is 0.745. The molecule has 1 aliphatic rings. The van der Waals surface area contributed by atoms with Crippen LogP contribution in [-0.4, -0.2) is 19.6 Å². The van der Waals surface area contributed by atoms with Gasteiger partial charge in [-0.3, -0.25) is 4.79 Å². The average Bonchev–Trinajstić information content (AvgIpc) is 2.35. The van der Waals surface area contributed by atoms with Gasteiger partial charge in [0.15, 0.2) is 6.61 Å². The molecule has 1 aromatic rings. The van der Waals surface area contributed by atoms with Crippen LogP contribution < -0.4 is 9.64 Å².